The van der Waals surface area contributed by atoms with Crippen molar-refractivity contribution in [1.82, 2.24) is 10.2 Å². The predicted octanol–water partition coefficient (Wildman–Crippen LogP) is 1.31. The number of sulfonamides is 1. The Hall–Kier alpha value is -2.42. The normalized spacial score (nSPS) is 11.1. The van der Waals surface area contributed by atoms with Crippen LogP contribution in [0, 0.1) is 5.82 Å². The van der Waals surface area contributed by atoms with Gasteiger partial charge in [0.25, 0.3) is 10.0 Å². The molecule has 0 aliphatic heterocycles. The molecule has 3 N–H and O–H groups in total. The highest BCUT2D eigenvalue weighted by molar-refractivity contribution is 7.92. The third-order valence-electron chi connectivity index (χ3n) is 2.29. The van der Waals surface area contributed by atoms with Gasteiger partial charge in [-0.1, -0.05) is 0 Å². The number of hydrogen-bond acceptors (Lipinski definition) is 4. The lowest BCUT2D eigenvalue weighted by molar-refractivity contribution is -0.114. The molecule has 7 nitrogen and oxygen atoms in total. The van der Waals surface area contributed by atoms with Crippen molar-refractivity contribution in [2.24, 2.45) is 0 Å². The van der Waals surface area contributed by atoms with Crippen LogP contribution in [-0.2, 0) is 14.8 Å². The van der Waals surface area contributed by atoms with Crippen molar-refractivity contribution >= 4 is 27.3 Å². The molecule has 2 aromatic rings. The predicted molar refractivity (Wildman–Crippen MR) is 70.1 cm³/mol. The molecule has 1 heterocycles. The fourth-order valence-corrected chi connectivity index (χ4v) is 2.61. The smallest absolute Gasteiger partial charge is 0.264 e. The summed E-state index contributed by atoms with van der Waals surface area (Å²) in [6.45, 7) is 1.27. The van der Waals surface area contributed by atoms with E-state index in [-0.39, 0.29) is 17.3 Å². The molecule has 20 heavy (non-hydrogen) atoms. The highest BCUT2D eigenvalue weighted by atomic mass is 32.2. The molecule has 1 amide bonds. The van der Waals surface area contributed by atoms with Crippen LogP contribution in [0.25, 0.3) is 0 Å². The molecule has 0 atom stereocenters. The summed E-state index contributed by atoms with van der Waals surface area (Å²) in [7, 11) is -4.06. The molecule has 1 aromatic heterocycles. The van der Waals surface area contributed by atoms with Gasteiger partial charge in [0.15, 0.2) is 0 Å². The van der Waals surface area contributed by atoms with E-state index in [9.17, 15) is 17.6 Å². The second-order valence-corrected chi connectivity index (χ2v) is 5.57. The molecule has 0 aliphatic carbocycles. The van der Waals surface area contributed by atoms with Crippen molar-refractivity contribution in [2.45, 2.75) is 11.8 Å². The first kappa shape index (κ1) is 14.0. The van der Waals surface area contributed by atoms with Gasteiger partial charge < -0.3 is 5.32 Å². The summed E-state index contributed by atoms with van der Waals surface area (Å²) in [6, 6.07) is 3.31. The van der Waals surface area contributed by atoms with E-state index in [4.69, 9.17) is 0 Å². The Kier molecular flexibility index (Phi) is 3.70. The van der Waals surface area contributed by atoms with Crippen LogP contribution < -0.4 is 10.0 Å². The maximum atomic E-state index is 13.8. The van der Waals surface area contributed by atoms with Crippen LogP contribution in [0.2, 0.25) is 0 Å². The third kappa shape index (κ3) is 3.12. The molecule has 2 rings (SSSR count). The second-order valence-electron chi connectivity index (χ2n) is 3.92. The van der Waals surface area contributed by atoms with Crippen molar-refractivity contribution in [2.75, 3.05) is 10.0 Å². The zero-order valence-corrected chi connectivity index (χ0v) is 11.2. The number of aromatic nitrogens is 2. The number of halogens is 1. The number of carbonyl (C=O) groups is 1. The number of nitrogens with one attached hydrogen (secondary N) is 3. The van der Waals surface area contributed by atoms with Gasteiger partial charge in [-0.2, -0.15) is 5.10 Å². The minimum absolute atomic E-state index is 0.178. The molecule has 0 aliphatic rings. The van der Waals surface area contributed by atoms with Gasteiger partial charge in [0, 0.05) is 18.8 Å². The topological polar surface area (TPSA) is 104 Å². The SMILES string of the molecule is CC(=O)Nc1ccc(S(=O)(=O)Nc2cn[nH]c2)c(F)c1. The van der Waals surface area contributed by atoms with Crippen LogP contribution in [0.5, 0.6) is 0 Å². The number of rotatable bonds is 4. The molecular weight excluding hydrogens is 287 g/mol. The summed E-state index contributed by atoms with van der Waals surface area (Å²) in [4.78, 5) is 10.3. The number of benzene rings is 1. The maximum Gasteiger partial charge on any atom is 0.264 e. The number of hydrogen-bond donors (Lipinski definition) is 3. The van der Waals surface area contributed by atoms with Gasteiger partial charge in [-0.15, -0.1) is 0 Å². The maximum absolute atomic E-state index is 13.8. The molecule has 0 saturated carbocycles. The monoisotopic (exact) mass is 298 g/mol. The first-order chi connectivity index (χ1) is 9.38. The van der Waals surface area contributed by atoms with Crippen LogP contribution >= 0.6 is 0 Å². The average Bonchev–Trinajstić information content (AvgIpc) is 2.79. The van der Waals surface area contributed by atoms with Crippen molar-refractivity contribution in [3.8, 4) is 0 Å². The van der Waals surface area contributed by atoms with E-state index in [1.165, 1.54) is 25.4 Å². The van der Waals surface area contributed by atoms with Crippen LogP contribution in [-0.4, -0.2) is 24.5 Å². The van der Waals surface area contributed by atoms with Gasteiger partial charge in [-0.25, -0.2) is 12.8 Å². The number of carbonyl (C=O) groups excluding carboxylic acids is 1. The highest BCUT2D eigenvalue weighted by Crippen LogP contribution is 2.21. The molecule has 9 heteroatoms. The summed E-state index contributed by atoms with van der Waals surface area (Å²) < 4.78 is 39.9. The van der Waals surface area contributed by atoms with E-state index in [1.54, 1.807) is 0 Å². The van der Waals surface area contributed by atoms with Gasteiger partial charge in [0.1, 0.15) is 10.7 Å². The minimum Gasteiger partial charge on any atom is -0.326 e. The van der Waals surface area contributed by atoms with Crippen molar-refractivity contribution in [1.29, 1.82) is 0 Å². The van der Waals surface area contributed by atoms with Crippen molar-refractivity contribution in [3.05, 3.63) is 36.4 Å². The van der Waals surface area contributed by atoms with Gasteiger partial charge in [0.05, 0.1) is 11.9 Å². The van der Waals surface area contributed by atoms with E-state index in [1.807, 2.05) is 0 Å². The van der Waals surface area contributed by atoms with Crippen LogP contribution in [0.4, 0.5) is 15.8 Å². The number of anilines is 2. The summed E-state index contributed by atoms with van der Waals surface area (Å²) in [5.74, 6) is -1.34. The Morgan fingerprint density at radius 2 is 2.10 bits per heavy atom. The molecule has 0 radical (unpaired) electrons. The number of nitrogens with zero attached hydrogens (tertiary/aromatic N) is 1. The standard InChI is InChI=1S/C11H11FN4O3S/c1-7(17)15-8-2-3-11(10(12)4-8)20(18,19)16-9-5-13-14-6-9/h2-6,16H,1H3,(H,13,14)(H,15,17). The van der Waals surface area contributed by atoms with Crippen molar-refractivity contribution < 1.29 is 17.6 Å². The van der Waals surface area contributed by atoms with Gasteiger partial charge in [-0.3, -0.25) is 14.6 Å². The molecule has 0 unspecified atom stereocenters. The Morgan fingerprint density at radius 3 is 2.65 bits per heavy atom. The Bertz CT molecular complexity index is 728. The van der Waals surface area contributed by atoms with Gasteiger partial charge in [0.2, 0.25) is 5.91 Å². The van der Waals surface area contributed by atoms with E-state index in [0.717, 1.165) is 12.1 Å². The van der Waals surface area contributed by atoms with E-state index in [2.05, 4.69) is 20.2 Å². The second kappa shape index (κ2) is 5.29. The Labute approximate surface area is 114 Å². The largest absolute Gasteiger partial charge is 0.326 e. The van der Waals surface area contributed by atoms with Gasteiger partial charge >= 0.3 is 0 Å². The average molecular weight is 298 g/mol. The Morgan fingerprint density at radius 1 is 1.35 bits per heavy atom. The number of H-pyrrole nitrogens is 1. The van der Waals surface area contributed by atoms with Crippen LogP contribution in [0.1, 0.15) is 6.92 Å². The van der Waals surface area contributed by atoms with E-state index in [0.29, 0.717) is 0 Å². The van der Waals surface area contributed by atoms with Crippen LogP contribution in [0.3, 0.4) is 0 Å². The fraction of sp³-hybridized carbons (Fsp3) is 0.0909. The van der Waals surface area contributed by atoms with E-state index < -0.39 is 20.7 Å². The fourth-order valence-electron chi connectivity index (χ4n) is 1.52. The lowest BCUT2D eigenvalue weighted by Gasteiger charge is -2.08. The van der Waals surface area contributed by atoms with Crippen molar-refractivity contribution in [3.63, 3.8) is 0 Å². The molecule has 1 aromatic carbocycles. The highest BCUT2D eigenvalue weighted by Gasteiger charge is 2.20. The third-order valence-corrected chi connectivity index (χ3v) is 3.71. The van der Waals surface area contributed by atoms with E-state index >= 15 is 0 Å². The van der Waals surface area contributed by atoms with Gasteiger partial charge in [-0.05, 0) is 18.2 Å². The lowest BCUT2D eigenvalue weighted by Crippen LogP contribution is -2.15. The zero-order valence-electron chi connectivity index (χ0n) is 10.3. The first-order valence-corrected chi connectivity index (χ1v) is 6.95. The molecule has 0 spiro atoms. The Balaban J connectivity index is 2.30. The van der Waals surface area contributed by atoms with Crippen LogP contribution in [0.15, 0.2) is 35.5 Å². The number of amides is 1. The zero-order chi connectivity index (χ0) is 14.8. The minimum atomic E-state index is -4.06. The summed E-state index contributed by atoms with van der Waals surface area (Å²) in [6.07, 6.45) is 2.57. The molecule has 106 valence electrons. The molecular formula is C11H11FN4O3S. The molecule has 0 fully saturated rings. The summed E-state index contributed by atoms with van der Waals surface area (Å²) in [5.41, 5.74) is 0.368. The quantitative estimate of drug-likeness (QED) is 0.791. The summed E-state index contributed by atoms with van der Waals surface area (Å²) in [5, 5.41) is 8.37. The molecule has 0 saturated heterocycles. The first-order valence-electron chi connectivity index (χ1n) is 5.47. The number of aromatic amines is 1. The lowest BCUT2D eigenvalue weighted by atomic mass is 10.3. The molecule has 0 bridgehead atoms. The summed E-state index contributed by atoms with van der Waals surface area (Å²) >= 11 is 0.